The van der Waals surface area contributed by atoms with Gasteiger partial charge in [0, 0.05) is 0 Å². The van der Waals surface area contributed by atoms with Crippen molar-refractivity contribution >= 4 is 23.0 Å². The standard InChI is InChI=1S/C38H44IN4/c1-7-37-19-12-20-39-38(37,8-2)32-23-30(26(5)6)31(28-13-10-9-11-14-28)24-33(32)43-35-34(40-21-22-41-35)42(36(37)43)29-17-15-27(16-18-29)25(3)4/h9-11,13-18,21-26,36H,7-8,12,19-20H2,1-6H3/q-1. The van der Waals surface area contributed by atoms with Gasteiger partial charge in [0.05, 0.1) is 0 Å². The van der Waals surface area contributed by atoms with Gasteiger partial charge in [-0.3, -0.25) is 0 Å². The molecule has 224 valence electrons. The van der Waals surface area contributed by atoms with Gasteiger partial charge < -0.3 is 0 Å². The zero-order chi connectivity index (χ0) is 29.9. The first-order valence-electron chi connectivity index (χ1n) is 16.2. The van der Waals surface area contributed by atoms with Crippen LogP contribution in [0, 0.1) is 5.41 Å². The number of fused-ring (bicyclic) bond motifs is 8. The monoisotopic (exact) mass is 683 g/mol. The van der Waals surface area contributed by atoms with Gasteiger partial charge in [0.15, 0.2) is 0 Å². The Morgan fingerprint density at radius 1 is 0.837 bits per heavy atom. The van der Waals surface area contributed by atoms with Crippen molar-refractivity contribution in [1.29, 1.82) is 0 Å². The predicted molar refractivity (Wildman–Crippen MR) is 175 cm³/mol. The van der Waals surface area contributed by atoms with E-state index >= 15 is 0 Å². The summed E-state index contributed by atoms with van der Waals surface area (Å²) in [5.74, 6) is 2.93. The topological polar surface area (TPSA) is 32.3 Å². The molecule has 0 radical (unpaired) electrons. The molecular weight excluding hydrogens is 639 g/mol. The molecule has 3 unspecified atom stereocenters. The van der Waals surface area contributed by atoms with Crippen LogP contribution < -0.4 is 31.0 Å². The van der Waals surface area contributed by atoms with Crippen LogP contribution in [0.25, 0.3) is 11.1 Å². The van der Waals surface area contributed by atoms with Crippen molar-refractivity contribution in [2.24, 2.45) is 5.41 Å². The van der Waals surface area contributed by atoms with Crippen LogP contribution in [0.5, 0.6) is 0 Å². The Hall–Kier alpha value is -2.93. The first-order chi connectivity index (χ1) is 20.9. The van der Waals surface area contributed by atoms with E-state index < -0.39 is 0 Å². The number of benzene rings is 3. The third-order valence-electron chi connectivity index (χ3n) is 10.5. The van der Waals surface area contributed by atoms with E-state index in [0.717, 1.165) is 18.1 Å². The van der Waals surface area contributed by atoms with Crippen molar-refractivity contribution in [2.45, 2.75) is 88.6 Å². The molecule has 4 aromatic rings. The fraction of sp³-hybridized carbons (Fsp3) is 0.421. The molecule has 0 spiro atoms. The molecule has 0 saturated carbocycles. The molecule has 1 aromatic heterocycles. The van der Waals surface area contributed by atoms with Crippen LogP contribution in [0.4, 0.5) is 23.0 Å². The van der Waals surface area contributed by atoms with Gasteiger partial charge in [-0.05, 0) is 0 Å². The van der Waals surface area contributed by atoms with E-state index in [1.807, 2.05) is 12.4 Å². The van der Waals surface area contributed by atoms with Gasteiger partial charge in [-0.2, -0.15) is 0 Å². The van der Waals surface area contributed by atoms with Gasteiger partial charge in [-0.1, -0.05) is 0 Å². The van der Waals surface area contributed by atoms with Gasteiger partial charge in [0.1, 0.15) is 0 Å². The Morgan fingerprint density at radius 3 is 2.16 bits per heavy atom. The first-order valence-corrected chi connectivity index (χ1v) is 18.8. The molecule has 4 heterocycles. The van der Waals surface area contributed by atoms with Crippen molar-refractivity contribution in [3.63, 3.8) is 0 Å². The summed E-state index contributed by atoms with van der Waals surface area (Å²) < 4.78 is 1.58. The van der Waals surface area contributed by atoms with Crippen molar-refractivity contribution in [1.82, 2.24) is 9.97 Å². The van der Waals surface area contributed by atoms with Crippen LogP contribution in [-0.2, 0) is 3.42 Å². The second-order valence-electron chi connectivity index (χ2n) is 13.1. The van der Waals surface area contributed by atoms with Gasteiger partial charge in [-0.15, -0.1) is 0 Å². The van der Waals surface area contributed by atoms with E-state index in [2.05, 4.69) is 118 Å². The number of rotatable bonds is 6. The summed E-state index contributed by atoms with van der Waals surface area (Å²) in [4.78, 5) is 15.4. The number of nitrogens with zero attached hydrogens (tertiary/aromatic N) is 4. The molecule has 3 atom stereocenters. The third kappa shape index (κ3) is 4.13. The second-order valence-corrected chi connectivity index (χ2v) is 16.8. The van der Waals surface area contributed by atoms with E-state index in [1.165, 1.54) is 57.3 Å². The SMILES string of the molecule is CCC12[I-]CCCC1(CC)C1N(c3ccc(C(C)C)cc3)c3nccnc3N1c1cc(-c3ccccc3)c(C(C)C)cc12. The number of hydrogen-bond acceptors (Lipinski definition) is 4. The molecule has 3 aliphatic heterocycles. The average molecular weight is 684 g/mol. The summed E-state index contributed by atoms with van der Waals surface area (Å²) in [6.45, 7) is 14.2. The zero-order valence-electron chi connectivity index (χ0n) is 26.4. The maximum atomic E-state index is 5.11. The number of anilines is 4. The Kier molecular flexibility index (Phi) is 7.31. The van der Waals surface area contributed by atoms with Crippen LogP contribution in [-0.4, -0.2) is 20.6 Å². The number of hydrogen-bond donors (Lipinski definition) is 0. The summed E-state index contributed by atoms with van der Waals surface area (Å²) in [5.41, 5.74) is 9.74. The summed E-state index contributed by atoms with van der Waals surface area (Å²) in [6, 6.07) is 25.5. The van der Waals surface area contributed by atoms with Gasteiger partial charge in [-0.25, -0.2) is 0 Å². The molecular formula is C38H44IN4-. The van der Waals surface area contributed by atoms with Crippen LogP contribution in [0.2, 0.25) is 0 Å². The molecule has 0 aliphatic carbocycles. The summed E-state index contributed by atoms with van der Waals surface area (Å²) in [5, 5.41) is 0. The number of alkyl halides is 2. The fourth-order valence-electron chi connectivity index (χ4n) is 8.39. The van der Waals surface area contributed by atoms with E-state index in [-0.39, 0.29) is 36.2 Å². The molecule has 4 nitrogen and oxygen atoms in total. The molecule has 43 heavy (non-hydrogen) atoms. The Balaban J connectivity index is 1.56. The van der Waals surface area contributed by atoms with Crippen LogP contribution in [0.1, 0.15) is 95.8 Å². The maximum absolute atomic E-state index is 5.11. The Morgan fingerprint density at radius 2 is 1.53 bits per heavy atom. The zero-order valence-corrected chi connectivity index (χ0v) is 28.6. The quantitative estimate of drug-likeness (QED) is 0.164. The Labute approximate surface area is 268 Å². The first kappa shape index (κ1) is 28.8. The molecule has 0 bridgehead atoms. The minimum atomic E-state index is -0.0758. The summed E-state index contributed by atoms with van der Waals surface area (Å²) >= 11 is -0.0758. The fourth-order valence-corrected chi connectivity index (χ4v) is 13.1. The van der Waals surface area contributed by atoms with Gasteiger partial charge in [0.2, 0.25) is 0 Å². The number of halogens is 1. The van der Waals surface area contributed by atoms with Gasteiger partial charge >= 0.3 is 269 Å². The van der Waals surface area contributed by atoms with Crippen LogP contribution >= 0.6 is 0 Å². The van der Waals surface area contributed by atoms with E-state index in [0.29, 0.717) is 11.8 Å². The third-order valence-corrected chi connectivity index (χ3v) is 15.5. The minimum absolute atomic E-state index is 0.0758. The Bertz CT molecular complexity index is 1630. The van der Waals surface area contributed by atoms with E-state index in [9.17, 15) is 0 Å². The van der Waals surface area contributed by atoms with E-state index in [1.54, 1.807) is 5.56 Å². The van der Waals surface area contributed by atoms with Crippen LogP contribution in [0.3, 0.4) is 0 Å². The molecule has 3 aromatic carbocycles. The van der Waals surface area contributed by atoms with Crippen molar-refractivity contribution < 1.29 is 21.2 Å². The summed E-state index contributed by atoms with van der Waals surface area (Å²) in [7, 11) is 0. The number of aromatic nitrogens is 2. The molecule has 3 aliphatic rings. The molecule has 1 fully saturated rings. The molecule has 7 rings (SSSR count). The molecule has 5 heteroatoms. The van der Waals surface area contributed by atoms with Crippen molar-refractivity contribution in [3.05, 3.63) is 95.8 Å². The molecule has 1 saturated heterocycles. The van der Waals surface area contributed by atoms with Gasteiger partial charge in [0.25, 0.3) is 0 Å². The normalized spacial score (nSPS) is 24.3. The second kappa shape index (κ2) is 10.9. The molecule has 0 N–H and O–H groups in total. The molecule has 0 amide bonds. The average Bonchev–Trinajstić information content (AvgIpc) is 3.40. The predicted octanol–water partition coefficient (Wildman–Crippen LogP) is 6.90. The van der Waals surface area contributed by atoms with Crippen molar-refractivity contribution in [3.8, 4) is 11.1 Å². The van der Waals surface area contributed by atoms with Crippen molar-refractivity contribution in [2.75, 3.05) is 14.2 Å². The van der Waals surface area contributed by atoms with E-state index in [4.69, 9.17) is 9.97 Å². The summed E-state index contributed by atoms with van der Waals surface area (Å²) in [6.07, 6.45) is 8.79. The van der Waals surface area contributed by atoms with Crippen LogP contribution in [0.15, 0.2) is 79.1 Å².